The summed E-state index contributed by atoms with van der Waals surface area (Å²) < 4.78 is 0. The molecule has 0 radical (unpaired) electrons. The lowest BCUT2D eigenvalue weighted by atomic mass is 10.1. The van der Waals surface area contributed by atoms with Crippen LogP contribution >= 0.6 is 11.6 Å². The van der Waals surface area contributed by atoms with E-state index < -0.39 is 0 Å². The number of amides is 1. The first-order chi connectivity index (χ1) is 13.1. The lowest BCUT2D eigenvalue weighted by Gasteiger charge is -2.00. The number of hydrogen-bond acceptors (Lipinski definition) is 4. The number of hydrogen-bond donors (Lipinski definition) is 2. The number of rotatable bonds is 5. The molecule has 0 fully saturated rings. The number of hydrazone groups is 1. The van der Waals surface area contributed by atoms with E-state index in [2.05, 4.69) is 15.5 Å². The zero-order chi connectivity index (χ0) is 19.1. The maximum Gasteiger partial charge on any atom is 0.271 e. The molecule has 0 bridgehead atoms. The minimum Gasteiger partial charge on any atom is -0.508 e. The van der Waals surface area contributed by atoms with Crippen LogP contribution in [0.2, 0.25) is 5.02 Å². The van der Waals surface area contributed by atoms with Crippen molar-refractivity contribution in [1.82, 2.24) is 5.43 Å². The van der Waals surface area contributed by atoms with Gasteiger partial charge in [-0.05, 0) is 59.7 Å². The van der Waals surface area contributed by atoms with E-state index in [1.54, 1.807) is 24.6 Å². The van der Waals surface area contributed by atoms with Crippen LogP contribution in [-0.4, -0.2) is 23.4 Å². The van der Waals surface area contributed by atoms with Crippen molar-refractivity contribution in [3.63, 3.8) is 0 Å². The molecule has 0 aromatic heterocycles. The van der Waals surface area contributed by atoms with Crippen molar-refractivity contribution < 1.29 is 9.90 Å². The minimum atomic E-state index is -0.349. The predicted molar refractivity (Wildman–Crippen MR) is 108 cm³/mol. The molecule has 0 spiro atoms. The molecule has 0 saturated carbocycles. The molecule has 0 heterocycles. The molecule has 134 valence electrons. The summed E-state index contributed by atoms with van der Waals surface area (Å²) in [5, 5.41) is 13.8. The molecule has 2 N–H and O–H groups in total. The van der Waals surface area contributed by atoms with Gasteiger partial charge in [-0.15, -0.1) is 0 Å². The van der Waals surface area contributed by atoms with Crippen LogP contribution in [0.15, 0.2) is 82.9 Å². The lowest BCUT2D eigenvalue weighted by molar-refractivity contribution is 0.0955. The van der Waals surface area contributed by atoms with Crippen molar-refractivity contribution in [3.8, 4) is 5.75 Å². The molecule has 0 saturated heterocycles. The smallest absolute Gasteiger partial charge is 0.271 e. The van der Waals surface area contributed by atoms with Crippen LogP contribution in [0.1, 0.15) is 21.5 Å². The molecule has 6 heteroatoms. The third-order valence-electron chi connectivity index (χ3n) is 3.63. The number of halogens is 1. The largest absolute Gasteiger partial charge is 0.508 e. The summed E-state index contributed by atoms with van der Waals surface area (Å²) >= 11 is 5.85. The van der Waals surface area contributed by atoms with Gasteiger partial charge in [0.05, 0.1) is 11.9 Å². The Labute approximate surface area is 161 Å². The van der Waals surface area contributed by atoms with Gasteiger partial charge in [0.1, 0.15) is 5.75 Å². The van der Waals surface area contributed by atoms with Crippen molar-refractivity contribution in [1.29, 1.82) is 0 Å². The van der Waals surface area contributed by atoms with Crippen molar-refractivity contribution in [3.05, 3.63) is 94.5 Å². The van der Waals surface area contributed by atoms with Gasteiger partial charge in [0.2, 0.25) is 0 Å². The van der Waals surface area contributed by atoms with E-state index in [1.807, 2.05) is 36.4 Å². The summed E-state index contributed by atoms with van der Waals surface area (Å²) in [6.45, 7) is 0. The highest BCUT2D eigenvalue weighted by molar-refractivity contribution is 6.30. The summed E-state index contributed by atoms with van der Waals surface area (Å²) in [7, 11) is 0. The van der Waals surface area contributed by atoms with Crippen molar-refractivity contribution >= 4 is 35.6 Å². The Hall–Kier alpha value is -3.44. The number of aliphatic imine (C=N–C) groups is 1. The number of phenols is 1. The zero-order valence-corrected chi connectivity index (χ0v) is 15.0. The summed E-state index contributed by atoms with van der Waals surface area (Å²) in [5.74, 6) is -0.243. The van der Waals surface area contributed by atoms with Crippen LogP contribution in [0.3, 0.4) is 0 Å². The molecule has 27 heavy (non-hydrogen) atoms. The van der Waals surface area contributed by atoms with Crippen LogP contribution in [-0.2, 0) is 0 Å². The highest BCUT2D eigenvalue weighted by Gasteiger charge is 2.03. The van der Waals surface area contributed by atoms with Gasteiger partial charge < -0.3 is 5.11 Å². The minimum absolute atomic E-state index is 0.106. The second-order valence-corrected chi connectivity index (χ2v) is 6.08. The number of nitrogens with one attached hydrogen (secondary N) is 1. The SMILES string of the molecule is O=C(N/N=C/c1ccc(C=Nc2ccc(Cl)cc2)cc1)c1ccc(O)cc1. The van der Waals surface area contributed by atoms with E-state index in [9.17, 15) is 9.90 Å². The van der Waals surface area contributed by atoms with Crippen LogP contribution in [0, 0.1) is 0 Å². The van der Waals surface area contributed by atoms with E-state index in [0.29, 0.717) is 10.6 Å². The van der Waals surface area contributed by atoms with Gasteiger partial charge in [0.25, 0.3) is 5.91 Å². The van der Waals surface area contributed by atoms with E-state index in [4.69, 9.17) is 11.6 Å². The average molecular weight is 378 g/mol. The maximum atomic E-state index is 11.9. The standard InChI is InChI=1S/C21H16ClN3O2/c22-18-7-9-19(10-8-18)23-13-15-1-3-16(4-2-15)14-24-25-21(27)17-5-11-20(26)12-6-17/h1-14,26H,(H,25,27)/b23-13?,24-14+. The van der Waals surface area contributed by atoms with Crippen LogP contribution < -0.4 is 5.43 Å². The first kappa shape index (κ1) is 18.4. The van der Waals surface area contributed by atoms with Gasteiger partial charge >= 0.3 is 0 Å². The Morgan fingerprint density at radius 2 is 1.44 bits per heavy atom. The Morgan fingerprint density at radius 3 is 2.07 bits per heavy atom. The number of aromatic hydroxyl groups is 1. The van der Waals surface area contributed by atoms with E-state index >= 15 is 0 Å². The highest BCUT2D eigenvalue weighted by Crippen LogP contribution is 2.16. The van der Waals surface area contributed by atoms with Crippen LogP contribution in [0.5, 0.6) is 5.75 Å². The van der Waals surface area contributed by atoms with E-state index in [1.165, 1.54) is 24.3 Å². The number of nitrogens with zero attached hydrogens (tertiary/aromatic N) is 2. The topological polar surface area (TPSA) is 74.0 Å². The molecule has 1 amide bonds. The quantitative estimate of drug-likeness (QED) is 0.505. The summed E-state index contributed by atoms with van der Waals surface area (Å²) in [4.78, 5) is 16.3. The van der Waals surface area contributed by atoms with Crippen molar-refractivity contribution in [2.45, 2.75) is 0 Å². The van der Waals surface area contributed by atoms with Crippen molar-refractivity contribution in [2.24, 2.45) is 10.1 Å². The van der Waals surface area contributed by atoms with Crippen LogP contribution in [0.25, 0.3) is 0 Å². The van der Waals surface area contributed by atoms with E-state index in [0.717, 1.165) is 16.8 Å². The molecular formula is C21H16ClN3O2. The first-order valence-electron chi connectivity index (χ1n) is 8.12. The second kappa shape index (κ2) is 8.78. The second-order valence-electron chi connectivity index (χ2n) is 5.65. The van der Waals surface area contributed by atoms with Gasteiger partial charge in [-0.2, -0.15) is 5.10 Å². The molecule has 5 nitrogen and oxygen atoms in total. The molecule has 0 aliphatic heterocycles. The molecule has 0 aliphatic carbocycles. The first-order valence-corrected chi connectivity index (χ1v) is 8.50. The Balaban J connectivity index is 1.56. The highest BCUT2D eigenvalue weighted by atomic mass is 35.5. The molecule has 0 atom stereocenters. The van der Waals surface area contributed by atoms with E-state index in [-0.39, 0.29) is 11.7 Å². The third kappa shape index (κ3) is 5.52. The summed E-state index contributed by atoms with van der Waals surface area (Å²) in [6.07, 6.45) is 3.31. The fraction of sp³-hybridized carbons (Fsp3) is 0. The monoisotopic (exact) mass is 377 g/mol. The Morgan fingerprint density at radius 1 is 0.852 bits per heavy atom. The predicted octanol–water partition coefficient (Wildman–Crippen LogP) is 4.56. The Bertz CT molecular complexity index is 964. The van der Waals surface area contributed by atoms with Gasteiger partial charge in [-0.25, -0.2) is 5.43 Å². The van der Waals surface area contributed by atoms with Gasteiger partial charge in [0.15, 0.2) is 0 Å². The number of benzene rings is 3. The maximum absolute atomic E-state index is 11.9. The van der Waals surface area contributed by atoms with Crippen molar-refractivity contribution in [2.75, 3.05) is 0 Å². The number of phenolic OH excluding ortho intramolecular Hbond substituents is 1. The fourth-order valence-corrected chi connectivity index (χ4v) is 2.31. The van der Waals surface area contributed by atoms with Gasteiger partial charge in [0, 0.05) is 16.8 Å². The number of carbonyl (C=O) groups excluding carboxylic acids is 1. The van der Waals surface area contributed by atoms with Gasteiger partial charge in [-0.3, -0.25) is 9.79 Å². The third-order valence-corrected chi connectivity index (χ3v) is 3.89. The molecule has 0 aliphatic rings. The molecule has 0 unspecified atom stereocenters. The zero-order valence-electron chi connectivity index (χ0n) is 14.2. The molecular weight excluding hydrogens is 362 g/mol. The fourth-order valence-electron chi connectivity index (χ4n) is 2.19. The van der Waals surface area contributed by atoms with Gasteiger partial charge in [-0.1, -0.05) is 35.9 Å². The molecule has 3 aromatic rings. The lowest BCUT2D eigenvalue weighted by Crippen LogP contribution is -2.17. The normalized spacial score (nSPS) is 11.1. The summed E-state index contributed by atoms with van der Waals surface area (Å²) in [5.41, 5.74) is 5.46. The molecule has 3 aromatic carbocycles. The summed E-state index contributed by atoms with van der Waals surface area (Å²) in [6, 6.07) is 20.8. The number of carbonyl (C=O) groups is 1. The Kier molecular flexibility index (Phi) is 5.97. The van der Waals surface area contributed by atoms with Crippen LogP contribution in [0.4, 0.5) is 5.69 Å². The average Bonchev–Trinajstić information content (AvgIpc) is 2.69. The molecule has 3 rings (SSSR count).